The molecule has 0 bridgehead atoms. The van der Waals surface area contributed by atoms with Gasteiger partial charge in [-0.1, -0.05) is 17.3 Å². The molecule has 1 saturated heterocycles. The van der Waals surface area contributed by atoms with Crippen LogP contribution in [0.4, 0.5) is 10.1 Å². The fourth-order valence-corrected chi connectivity index (χ4v) is 6.98. The molecular weight excluding hydrogens is 467 g/mol. The monoisotopic (exact) mass is 490 g/mol. The Labute approximate surface area is 194 Å². The van der Waals surface area contributed by atoms with Crippen molar-refractivity contribution in [1.82, 2.24) is 14.4 Å². The van der Waals surface area contributed by atoms with Crippen LogP contribution in [0.1, 0.15) is 42.4 Å². The third kappa shape index (κ3) is 4.44. The smallest absolute Gasteiger partial charge is 0.244 e. The van der Waals surface area contributed by atoms with Crippen LogP contribution < -0.4 is 5.32 Å². The summed E-state index contributed by atoms with van der Waals surface area (Å²) in [6.07, 6.45) is 3.14. The van der Waals surface area contributed by atoms with Gasteiger partial charge in [0.15, 0.2) is 0 Å². The van der Waals surface area contributed by atoms with Gasteiger partial charge in [-0.05, 0) is 50.8 Å². The number of aromatic nitrogens is 2. The van der Waals surface area contributed by atoms with Crippen molar-refractivity contribution >= 4 is 33.0 Å². The summed E-state index contributed by atoms with van der Waals surface area (Å²) in [5.74, 6) is -0.172. The molecule has 0 unspecified atom stereocenters. The second-order valence-electron chi connectivity index (χ2n) is 8.43. The lowest BCUT2D eigenvalue weighted by molar-refractivity contribution is -0.120. The van der Waals surface area contributed by atoms with Gasteiger partial charge in [-0.2, -0.15) is 9.29 Å². The number of hydrogen-bond donors (Lipinski definition) is 1. The third-order valence-corrected chi connectivity index (χ3v) is 9.13. The van der Waals surface area contributed by atoms with E-state index in [0.29, 0.717) is 46.8 Å². The summed E-state index contributed by atoms with van der Waals surface area (Å²) in [7, 11) is -3.82. The molecule has 2 aromatic heterocycles. The van der Waals surface area contributed by atoms with Crippen LogP contribution in [-0.4, -0.2) is 41.9 Å². The fourth-order valence-electron chi connectivity index (χ4n) is 3.97. The van der Waals surface area contributed by atoms with E-state index in [1.54, 1.807) is 25.1 Å². The number of halogens is 1. The Bertz CT molecular complexity index is 1300. The zero-order valence-corrected chi connectivity index (χ0v) is 19.6. The van der Waals surface area contributed by atoms with Gasteiger partial charge in [-0.25, -0.2) is 12.8 Å². The number of aryl methyl sites for hydroxylation is 1. The maximum Gasteiger partial charge on any atom is 0.244 e. The Balaban J connectivity index is 1.33. The van der Waals surface area contributed by atoms with E-state index in [1.807, 2.05) is 0 Å². The summed E-state index contributed by atoms with van der Waals surface area (Å²) >= 11 is 1.30. The largest absolute Gasteiger partial charge is 0.339 e. The van der Waals surface area contributed by atoms with Gasteiger partial charge in [0.1, 0.15) is 5.82 Å². The molecule has 8 nitrogen and oxygen atoms in total. The number of carbonyl (C=O) groups is 1. The average molecular weight is 491 g/mol. The van der Waals surface area contributed by atoms with Gasteiger partial charge in [-0.3, -0.25) is 4.79 Å². The van der Waals surface area contributed by atoms with Gasteiger partial charge in [0.25, 0.3) is 0 Å². The molecule has 3 heterocycles. The first-order valence-electron chi connectivity index (χ1n) is 10.8. The minimum absolute atomic E-state index is 0.0429. The molecule has 1 saturated carbocycles. The number of carbonyl (C=O) groups excluding carboxylic acids is 1. The predicted octanol–water partition coefficient (Wildman–Crippen LogP) is 4.16. The standard InChI is InChI=1S/C22H23FN4O4S2/c1-13-19(11-18(32-13)20-25-22(31-26-20)14-8-9-14)33(29,30)27-10-4-5-15(12-27)21(28)24-17-7-3-2-6-16(17)23/h2-3,6-7,11,14-15H,4-5,8-10,12H2,1H3,(H,24,28)/t15-/m0/s1. The number of nitrogens with zero attached hydrogens (tertiary/aromatic N) is 3. The van der Waals surface area contributed by atoms with Gasteiger partial charge in [0.05, 0.1) is 21.4 Å². The number of para-hydroxylation sites is 1. The summed E-state index contributed by atoms with van der Waals surface area (Å²) in [4.78, 5) is 18.6. The molecule has 2 aliphatic rings. The average Bonchev–Trinajstić information content (AvgIpc) is 3.39. The molecule has 0 radical (unpaired) electrons. The number of hydrogen-bond acceptors (Lipinski definition) is 7. The summed E-state index contributed by atoms with van der Waals surface area (Å²) < 4.78 is 47.4. The van der Waals surface area contributed by atoms with Crippen LogP contribution in [0.25, 0.3) is 10.7 Å². The van der Waals surface area contributed by atoms with E-state index in [9.17, 15) is 17.6 Å². The van der Waals surface area contributed by atoms with Crippen LogP contribution in [-0.2, 0) is 14.8 Å². The minimum atomic E-state index is -3.82. The first-order valence-corrected chi connectivity index (χ1v) is 13.1. The van der Waals surface area contributed by atoms with Gasteiger partial charge in [0.2, 0.25) is 27.6 Å². The van der Waals surface area contributed by atoms with E-state index in [-0.39, 0.29) is 23.0 Å². The Kier molecular flexibility index (Phi) is 5.79. The van der Waals surface area contributed by atoms with Gasteiger partial charge >= 0.3 is 0 Å². The summed E-state index contributed by atoms with van der Waals surface area (Å²) in [5, 5.41) is 6.60. The highest BCUT2D eigenvalue weighted by Crippen LogP contribution is 2.41. The molecule has 1 amide bonds. The molecule has 11 heteroatoms. The topological polar surface area (TPSA) is 105 Å². The lowest BCUT2D eigenvalue weighted by Gasteiger charge is -2.31. The van der Waals surface area contributed by atoms with E-state index in [2.05, 4.69) is 15.5 Å². The van der Waals surface area contributed by atoms with Crippen molar-refractivity contribution < 1.29 is 22.1 Å². The molecule has 174 valence electrons. The number of piperidine rings is 1. The highest BCUT2D eigenvalue weighted by atomic mass is 32.2. The van der Waals surface area contributed by atoms with Crippen LogP contribution in [0, 0.1) is 18.7 Å². The van der Waals surface area contributed by atoms with Crippen LogP contribution in [0.2, 0.25) is 0 Å². The number of rotatable bonds is 6. The number of benzene rings is 1. The summed E-state index contributed by atoms with van der Waals surface area (Å²) in [5.41, 5.74) is 0.0893. The number of thiophene rings is 1. The quantitative estimate of drug-likeness (QED) is 0.556. The predicted molar refractivity (Wildman–Crippen MR) is 121 cm³/mol. The molecule has 1 aliphatic heterocycles. The summed E-state index contributed by atoms with van der Waals surface area (Å²) in [6, 6.07) is 7.50. The second kappa shape index (κ2) is 8.62. The highest BCUT2D eigenvalue weighted by Gasteiger charge is 2.36. The Morgan fingerprint density at radius 1 is 1.27 bits per heavy atom. The fraction of sp³-hybridized carbons (Fsp3) is 0.409. The number of anilines is 1. The van der Waals surface area contributed by atoms with Gasteiger partial charge in [-0.15, -0.1) is 11.3 Å². The zero-order chi connectivity index (χ0) is 23.2. The van der Waals surface area contributed by atoms with Crippen LogP contribution in [0.5, 0.6) is 0 Å². The third-order valence-electron chi connectivity index (χ3n) is 5.97. The number of amides is 1. The molecule has 1 aliphatic carbocycles. The normalized spacial score (nSPS) is 19.5. The maximum absolute atomic E-state index is 13.9. The number of sulfonamides is 1. The zero-order valence-electron chi connectivity index (χ0n) is 18.0. The van der Waals surface area contributed by atoms with E-state index < -0.39 is 21.8 Å². The van der Waals surface area contributed by atoms with Crippen molar-refractivity contribution in [3.8, 4) is 10.7 Å². The molecule has 2 fully saturated rings. The first kappa shape index (κ1) is 22.2. The SMILES string of the molecule is Cc1sc(-c2noc(C3CC3)n2)cc1S(=O)(=O)N1CCC[C@H](C(=O)Nc2ccccc2F)C1. The van der Waals surface area contributed by atoms with E-state index in [1.165, 1.54) is 27.8 Å². The molecule has 1 aromatic carbocycles. The van der Waals surface area contributed by atoms with Crippen molar-refractivity contribution in [1.29, 1.82) is 0 Å². The minimum Gasteiger partial charge on any atom is -0.339 e. The van der Waals surface area contributed by atoms with Crippen molar-refractivity contribution in [2.24, 2.45) is 5.92 Å². The van der Waals surface area contributed by atoms with Crippen LogP contribution in [0.15, 0.2) is 39.8 Å². The molecule has 1 N–H and O–H groups in total. The van der Waals surface area contributed by atoms with E-state index in [0.717, 1.165) is 12.8 Å². The second-order valence-corrected chi connectivity index (χ2v) is 11.6. The van der Waals surface area contributed by atoms with Crippen LogP contribution in [0.3, 0.4) is 0 Å². The Hall–Kier alpha value is -2.63. The molecule has 5 rings (SSSR count). The lowest BCUT2D eigenvalue weighted by atomic mass is 9.98. The maximum atomic E-state index is 13.9. The highest BCUT2D eigenvalue weighted by molar-refractivity contribution is 7.89. The molecule has 1 atom stereocenters. The van der Waals surface area contributed by atoms with Crippen molar-refractivity contribution in [2.45, 2.75) is 43.4 Å². The molecular formula is C22H23FN4O4S2. The molecule has 0 spiro atoms. The van der Waals surface area contributed by atoms with Gasteiger partial charge < -0.3 is 9.84 Å². The Morgan fingerprint density at radius 3 is 2.82 bits per heavy atom. The first-order chi connectivity index (χ1) is 15.8. The number of nitrogens with one attached hydrogen (secondary N) is 1. The van der Waals surface area contributed by atoms with Gasteiger partial charge in [0, 0.05) is 23.9 Å². The van der Waals surface area contributed by atoms with Crippen molar-refractivity contribution in [3.63, 3.8) is 0 Å². The van der Waals surface area contributed by atoms with Crippen molar-refractivity contribution in [2.75, 3.05) is 18.4 Å². The van der Waals surface area contributed by atoms with E-state index >= 15 is 0 Å². The molecule has 3 aromatic rings. The van der Waals surface area contributed by atoms with E-state index in [4.69, 9.17) is 4.52 Å². The summed E-state index contributed by atoms with van der Waals surface area (Å²) in [6.45, 7) is 2.11. The lowest BCUT2D eigenvalue weighted by Crippen LogP contribution is -2.43. The van der Waals surface area contributed by atoms with Crippen molar-refractivity contribution in [3.05, 3.63) is 46.9 Å². The molecule has 33 heavy (non-hydrogen) atoms. The van der Waals surface area contributed by atoms with Crippen LogP contribution >= 0.6 is 11.3 Å². The Morgan fingerprint density at radius 2 is 2.06 bits per heavy atom.